The smallest absolute Gasteiger partial charge is 0.0346 e. The highest BCUT2D eigenvalue weighted by molar-refractivity contribution is 7.15. The van der Waals surface area contributed by atoms with E-state index in [9.17, 15) is 0 Å². The van der Waals surface area contributed by atoms with Gasteiger partial charge in [-0.05, 0) is 24.6 Å². The second-order valence-electron chi connectivity index (χ2n) is 4.32. The van der Waals surface area contributed by atoms with Gasteiger partial charge in [-0.3, -0.25) is 0 Å². The molecule has 1 atom stereocenters. The Labute approximate surface area is 113 Å². The Bertz CT molecular complexity index is 522. The predicted molar refractivity (Wildman–Crippen MR) is 79.5 cm³/mol. The molecular formula is C16H17NS. The average molecular weight is 255 g/mol. The first kappa shape index (κ1) is 12.9. The molecular weight excluding hydrogens is 238 g/mol. The summed E-state index contributed by atoms with van der Waals surface area (Å²) in [6.45, 7) is 3.01. The second kappa shape index (κ2) is 6.39. The minimum absolute atomic E-state index is 0.372. The van der Waals surface area contributed by atoms with Gasteiger partial charge < -0.3 is 5.32 Å². The first-order valence-corrected chi connectivity index (χ1v) is 6.92. The molecule has 1 heterocycles. The van der Waals surface area contributed by atoms with Gasteiger partial charge >= 0.3 is 0 Å². The number of terminal acetylenes is 1. The van der Waals surface area contributed by atoms with Gasteiger partial charge in [0.1, 0.15) is 0 Å². The summed E-state index contributed by atoms with van der Waals surface area (Å²) in [4.78, 5) is 2.66. The van der Waals surface area contributed by atoms with Gasteiger partial charge in [-0.15, -0.1) is 23.7 Å². The van der Waals surface area contributed by atoms with Gasteiger partial charge in [0.15, 0.2) is 0 Å². The maximum Gasteiger partial charge on any atom is 0.0346 e. The van der Waals surface area contributed by atoms with Crippen LogP contribution in [0.15, 0.2) is 42.5 Å². The first-order valence-electron chi connectivity index (χ1n) is 6.10. The lowest BCUT2D eigenvalue weighted by molar-refractivity contribution is 0.563. The van der Waals surface area contributed by atoms with Crippen molar-refractivity contribution in [3.63, 3.8) is 0 Å². The fourth-order valence-electron chi connectivity index (χ4n) is 1.75. The fourth-order valence-corrected chi connectivity index (χ4v) is 2.72. The van der Waals surface area contributed by atoms with Gasteiger partial charge in [0.2, 0.25) is 0 Å². The highest BCUT2D eigenvalue weighted by Gasteiger charge is 2.04. The van der Waals surface area contributed by atoms with Gasteiger partial charge in [-0.2, -0.15) is 0 Å². The van der Waals surface area contributed by atoms with Crippen molar-refractivity contribution in [2.24, 2.45) is 0 Å². The average Bonchev–Trinajstić information content (AvgIpc) is 2.87. The first-order chi connectivity index (χ1) is 8.79. The van der Waals surface area contributed by atoms with E-state index in [-0.39, 0.29) is 0 Å². The molecule has 2 heteroatoms. The summed E-state index contributed by atoms with van der Waals surface area (Å²) in [7, 11) is 0. The highest BCUT2D eigenvalue weighted by atomic mass is 32.1. The lowest BCUT2D eigenvalue weighted by atomic mass is 10.2. The van der Waals surface area contributed by atoms with Crippen molar-refractivity contribution in [1.82, 2.24) is 5.32 Å². The van der Waals surface area contributed by atoms with Crippen LogP contribution < -0.4 is 5.32 Å². The monoisotopic (exact) mass is 255 g/mol. The summed E-state index contributed by atoms with van der Waals surface area (Å²) in [5.41, 5.74) is 1.28. The molecule has 1 aromatic carbocycles. The van der Waals surface area contributed by atoms with Crippen LogP contribution in [0.3, 0.4) is 0 Å². The van der Waals surface area contributed by atoms with Gasteiger partial charge in [0.25, 0.3) is 0 Å². The van der Waals surface area contributed by atoms with Crippen LogP contribution in [0.4, 0.5) is 0 Å². The number of thiophene rings is 1. The molecule has 0 aliphatic carbocycles. The van der Waals surface area contributed by atoms with Crippen molar-refractivity contribution in [1.29, 1.82) is 0 Å². The molecule has 1 unspecified atom stereocenters. The van der Waals surface area contributed by atoms with Gasteiger partial charge in [-0.1, -0.05) is 30.3 Å². The van der Waals surface area contributed by atoms with Crippen LogP contribution in [0, 0.1) is 12.3 Å². The Morgan fingerprint density at radius 2 is 2.00 bits per heavy atom. The maximum absolute atomic E-state index is 5.29. The summed E-state index contributed by atoms with van der Waals surface area (Å²) in [5, 5.41) is 3.43. The molecule has 1 N–H and O–H groups in total. The van der Waals surface area contributed by atoms with E-state index in [0.717, 1.165) is 13.0 Å². The molecule has 0 radical (unpaired) electrons. The van der Waals surface area contributed by atoms with Crippen molar-refractivity contribution in [3.8, 4) is 22.8 Å². The zero-order chi connectivity index (χ0) is 12.8. The third-order valence-electron chi connectivity index (χ3n) is 2.77. The summed E-state index contributed by atoms with van der Waals surface area (Å²) in [6, 6.07) is 15.2. The zero-order valence-corrected chi connectivity index (χ0v) is 11.3. The molecule has 1 nitrogen and oxygen atoms in total. The lowest BCUT2D eigenvalue weighted by Gasteiger charge is -2.08. The molecule has 18 heavy (non-hydrogen) atoms. The molecule has 0 amide bonds. The topological polar surface area (TPSA) is 12.0 Å². The quantitative estimate of drug-likeness (QED) is 0.799. The fraction of sp³-hybridized carbons (Fsp3) is 0.250. The zero-order valence-electron chi connectivity index (χ0n) is 10.5. The van der Waals surface area contributed by atoms with E-state index in [2.05, 4.69) is 54.6 Å². The Morgan fingerprint density at radius 3 is 2.72 bits per heavy atom. The number of benzene rings is 1. The lowest BCUT2D eigenvalue weighted by Crippen LogP contribution is -2.24. The largest absolute Gasteiger partial charge is 0.308 e. The van der Waals surface area contributed by atoms with Crippen molar-refractivity contribution >= 4 is 11.3 Å². The molecule has 2 aromatic rings. The summed E-state index contributed by atoms with van der Waals surface area (Å²) < 4.78 is 0. The van der Waals surface area contributed by atoms with E-state index in [1.54, 1.807) is 0 Å². The number of nitrogens with one attached hydrogen (secondary N) is 1. The molecule has 0 aliphatic rings. The summed E-state index contributed by atoms with van der Waals surface area (Å²) in [6.07, 6.45) is 6.07. The van der Waals surface area contributed by atoms with Crippen molar-refractivity contribution < 1.29 is 0 Å². The Hall–Kier alpha value is -1.56. The third kappa shape index (κ3) is 3.46. The van der Waals surface area contributed by atoms with Crippen LogP contribution in [-0.4, -0.2) is 6.04 Å². The number of rotatable bonds is 5. The molecule has 0 spiro atoms. The van der Waals surface area contributed by atoms with E-state index in [1.807, 2.05) is 17.4 Å². The van der Waals surface area contributed by atoms with Crippen LogP contribution in [0.2, 0.25) is 0 Å². The van der Waals surface area contributed by atoms with Crippen molar-refractivity contribution in [2.75, 3.05) is 0 Å². The van der Waals surface area contributed by atoms with E-state index in [4.69, 9.17) is 6.42 Å². The number of hydrogen-bond donors (Lipinski definition) is 1. The summed E-state index contributed by atoms with van der Waals surface area (Å²) in [5.74, 6) is 2.68. The molecule has 0 saturated heterocycles. The normalized spacial score (nSPS) is 12.0. The number of hydrogen-bond acceptors (Lipinski definition) is 2. The van der Waals surface area contributed by atoms with Crippen molar-refractivity contribution in [2.45, 2.75) is 25.9 Å². The highest BCUT2D eigenvalue weighted by Crippen LogP contribution is 2.27. The van der Waals surface area contributed by atoms with E-state index in [0.29, 0.717) is 6.04 Å². The molecule has 1 aromatic heterocycles. The Morgan fingerprint density at radius 1 is 1.22 bits per heavy atom. The molecule has 0 fully saturated rings. The minimum Gasteiger partial charge on any atom is -0.308 e. The van der Waals surface area contributed by atoms with Crippen LogP contribution in [0.25, 0.3) is 10.4 Å². The maximum atomic E-state index is 5.29. The molecule has 0 aliphatic heterocycles. The Kier molecular flexibility index (Phi) is 4.58. The van der Waals surface area contributed by atoms with Gasteiger partial charge in [0.05, 0.1) is 0 Å². The minimum atomic E-state index is 0.372. The van der Waals surface area contributed by atoms with Crippen molar-refractivity contribution in [3.05, 3.63) is 47.3 Å². The van der Waals surface area contributed by atoms with Crippen LogP contribution in [0.1, 0.15) is 18.2 Å². The van der Waals surface area contributed by atoms with Gasteiger partial charge in [0, 0.05) is 28.8 Å². The van der Waals surface area contributed by atoms with Gasteiger partial charge in [-0.25, -0.2) is 0 Å². The molecule has 0 bridgehead atoms. The third-order valence-corrected chi connectivity index (χ3v) is 3.90. The molecule has 0 saturated carbocycles. The molecule has 92 valence electrons. The Balaban J connectivity index is 1.97. The van der Waals surface area contributed by atoms with Crippen LogP contribution in [0.5, 0.6) is 0 Å². The molecule has 2 rings (SSSR count). The van der Waals surface area contributed by atoms with Crippen LogP contribution >= 0.6 is 11.3 Å². The predicted octanol–water partition coefficient (Wildman–Crippen LogP) is 3.92. The summed E-state index contributed by atoms with van der Waals surface area (Å²) >= 11 is 1.83. The van der Waals surface area contributed by atoms with E-state index in [1.165, 1.54) is 15.3 Å². The van der Waals surface area contributed by atoms with E-state index >= 15 is 0 Å². The SMILES string of the molecule is C#CCC(C)NCc1ccc(-c2ccccc2)s1. The van der Waals surface area contributed by atoms with E-state index < -0.39 is 0 Å². The van der Waals surface area contributed by atoms with Crippen LogP contribution in [-0.2, 0) is 6.54 Å². The second-order valence-corrected chi connectivity index (χ2v) is 5.49. The standard InChI is InChI=1S/C16H17NS/c1-3-7-13(2)17-12-15-10-11-16(18-15)14-8-5-4-6-9-14/h1,4-6,8-11,13,17H,7,12H2,2H3.